The number of anilines is 1. The monoisotopic (exact) mass is 474 g/mol. The molecule has 0 aliphatic carbocycles. The molecular weight excluding hydrogens is 456 g/mol. The SMILES string of the molecule is O=[N+]([O-])c1cccc(/C(O)=C(/C(=S)Nc2ccc(OC(F)F)cc2)[n+]2cccc(CO)c2)c1. The quantitative estimate of drug-likeness (QED) is 0.112. The van der Waals surface area contributed by atoms with Crippen LogP contribution in [0.2, 0.25) is 0 Å². The molecule has 33 heavy (non-hydrogen) atoms. The average Bonchev–Trinajstić information content (AvgIpc) is 2.80. The van der Waals surface area contributed by atoms with Crippen LogP contribution in [0.1, 0.15) is 11.1 Å². The highest BCUT2D eigenvalue weighted by Crippen LogP contribution is 2.24. The van der Waals surface area contributed by atoms with E-state index in [1.165, 1.54) is 59.3 Å². The summed E-state index contributed by atoms with van der Waals surface area (Å²) in [5, 5.41) is 34.6. The Labute approximate surface area is 192 Å². The Hall–Kier alpha value is -3.96. The van der Waals surface area contributed by atoms with E-state index in [1.807, 2.05) is 0 Å². The van der Waals surface area contributed by atoms with Crippen molar-refractivity contribution < 1.29 is 33.2 Å². The maximum atomic E-state index is 12.4. The summed E-state index contributed by atoms with van der Waals surface area (Å²) in [6, 6.07) is 14.2. The molecule has 0 saturated heterocycles. The summed E-state index contributed by atoms with van der Waals surface area (Å²) in [5.41, 5.74) is 0.948. The van der Waals surface area contributed by atoms with Gasteiger partial charge < -0.3 is 20.3 Å². The van der Waals surface area contributed by atoms with Crippen LogP contribution < -0.4 is 14.6 Å². The minimum atomic E-state index is -2.96. The van der Waals surface area contributed by atoms with Gasteiger partial charge in [0.25, 0.3) is 11.4 Å². The molecule has 0 fully saturated rings. The average molecular weight is 474 g/mol. The van der Waals surface area contributed by atoms with Crippen LogP contribution in [0.5, 0.6) is 5.75 Å². The predicted octanol–water partition coefficient (Wildman–Crippen LogP) is 4.30. The molecule has 1 aromatic heterocycles. The predicted molar refractivity (Wildman–Crippen MR) is 121 cm³/mol. The van der Waals surface area contributed by atoms with E-state index in [4.69, 9.17) is 12.2 Å². The van der Waals surface area contributed by atoms with Gasteiger partial charge in [-0.1, -0.05) is 24.4 Å². The molecule has 170 valence electrons. The third-order valence-corrected chi connectivity index (χ3v) is 4.71. The molecule has 3 aromatic rings. The summed E-state index contributed by atoms with van der Waals surface area (Å²) in [4.78, 5) is 10.6. The number of nitro groups is 1. The van der Waals surface area contributed by atoms with Crippen molar-refractivity contribution in [2.45, 2.75) is 13.2 Å². The van der Waals surface area contributed by atoms with Gasteiger partial charge in [0.2, 0.25) is 0 Å². The van der Waals surface area contributed by atoms with Gasteiger partial charge in [-0.3, -0.25) is 10.1 Å². The van der Waals surface area contributed by atoms with Gasteiger partial charge in [0.15, 0.2) is 23.1 Å². The molecule has 11 heteroatoms. The Morgan fingerprint density at radius 1 is 1.18 bits per heavy atom. The number of nitrogens with one attached hydrogen (secondary N) is 1. The van der Waals surface area contributed by atoms with Crippen molar-refractivity contribution in [3.8, 4) is 5.75 Å². The van der Waals surface area contributed by atoms with E-state index in [1.54, 1.807) is 18.3 Å². The lowest BCUT2D eigenvalue weighted by Gasteiger charge is -2.11. The van der Waals surface area contributed by atoms with Gasteiger partial charge in [-0.2, -0.15) is 13.3 Å². The Kier molecular flexibility index (Phi) is 7.59. The standard InChI is InChI=1S/C22H17F2N3O5S/c23-22(24)32-18-8-6-16(7-9-18)25-21(33)19(26-10-2-3-14(12-26)13-28)20(29)15-4-1-5-17(11-15)27(30)31/h1-12,22,28H,13H2,(H-,25,29,33)/p+1. The number of pyridine rings is 1. The van der Waals surface area contributed by atoms with Crippen molar-refractivity contribution in [3.05, 3.63) is 94.3 Å². The maximum Gasteiger partial charge on any atom is 0.387 e. The molecule has 2 aromatic carbocycles. The van der Waals surface area contributed by atoms with Crippen LogP contribution in [-0.4, -0.2) is 26.7 Å². The zero-order valence-corrected chi connectivity index (χ0v) is 17.7. The van der Waals surface area contributed by atoms with Gasteiger partial charge in [0.1, 0.15) is 5.75 Å². The van der Waals surface area contributed by atoms with Crippen molar-refractivity contribution in [2.24, 2.45) is 0 Å². The number of rotatable bonds is 8. The number of aliphatic hydroxyl groups is 2. The summed E-state index contributed by atoms with van der Waals surface area (Å²) in [5.74, 6) is -0.393. The maximum absolute atomic E-state index is 12.4. The van der Waals surface area contributed by atoms with Crippen LogP contribution in [0.3, 0.4) is 0 Å². The zero-order valence-electron chi connectivity index (χ0n) is 16.9. The number of nitrogens with zero attached hydrogens (tertiary/aromatic N) is 2. The molecule has 0 radical (unpaired) electrons. The third-order valence-electron chi connectivity index (χ3n) is 4.41. The lowest BCUT2D eigenvalue weighted by atomic mass is 10.1. The van der Waals surface area contributed by atoms with E-state index >= 15 is 0 Å². The number of hydrogen-bond acceptors (Lipinski definition) is 6. The normalized spacial score (nSPS) is 11.6. The second kappa shape index (κ2) is 10.6. The summed E-state index contributed by atoms with van der Waals surface area (Å²) < 4.78 is 30.5. The minimum absolute atomic E-state index is 0.0293. The summed E-state index contributed by atoms with van der Waals surface area (Å²) in [6.07, 6.45) is 3.12. The first-order valence-electron chi connectivity index (χ1n) is 9.44. The van der Waals surface area contributed by atoms with E-state index in [0.717, 1.165) is 0 Å². The Morgan fingerprint density at radius 2 is 1.91 bits per heavy atom. The molecule has 8 nitrogen and oxygen atoms in total. The number of thiocarbonyl (C=S) groups is 1. The van der Waals surface area contributed by atoms with Gasteiger partial charge in [-0.25, -0.2) is 0 Å². The fraction of sp³-hybridized carbons (Fsp3) is 0.0909. The lowest BCUT2D eigenvalue weighted by Crippen LogP contribution is -2.39. The van der Waals surface area contributed by atoms with E-state index < -0.39 is 11.5 Å². The summed E-state index contributed by atoms with van der Waals surface area (Å²) in [6.45, 7) is -3.22. The number of nitro benzene ring substituents is 1. The summed E-state index contributed by atoms with van der Waals surface area (Å²) >= 11 is 5.48. The van der Waals surface area contributed by atoms with E-state index in [2.05, 4.69) is 10.1 Å². The largest absolute Gasteiger partial charge is 0.502 e. The smallest absolute Gasteiger partial charge is 0.387 e. The van der Waals surface area contributed by atoms with Crippen LogP contribution in [0.25, 0.3) is 11.5 Å². The van der Waals surface area contributed by atoms with Crippen molar-refractivity contribution in [2.75, 3.05) is 5.32 Å². The first kappa shape index (κ1) is 23.7. The number of halogens is 2. The van der Waals surface area contributed by atoms with Crippen molar-refractivity contribution >= 4 is 40.0 Å². The van der Waals surface area contributed by atoms with Crippen LogP contribution in [0.4, 0.5) is 20.2 Å². The summed E-state index contributed by atoms with van der Waals surface area (Å²) in [7, 11) is 0. The lowest BCUT2D eigenvalue weighted by molar-refractivity contribution is -0.576. The van der Waals surface area contributed by atoms with E-state index in [9.17, 15) is 29.1 Å². The molecule has 0 bridgehead atoms. The fourth-order valence-electron chi connectivity index (χ4n) is 2.92. The number of ether oxygens (including phenoxy) is 1. The highest BCUT2D eigenvalue weighted by molar-refractivity contribution is 7.81. The van der Waals surface area contributed by atoms with Crippen molar-refractivity contribution in [1.82, 2.24) is 0 Å². The molecule has 3 rings (SSSR count). The first-order chi connectivity index (χ1) is 15.8. The molecule has 0 aliphatic heterocycles. The first-order valence-corrected chi connectivity index (χ1v) is 9.85. The van der Waals surface area contributed by atoms with Crippen LogP contribution in [0, 0.1) is 10.1 Å². The van der Waals surface area contributed by atoms with Crippen LogP contribution in [0.15, 0.2) is 73.1 Å². The molecular formula is C22H18F2N3O5S+. The second-order valence-corrected chi connectivity index (χ2v) is 7.05. The molecule has 1 heterocycles. The molecule has 0 amide bonds. The molecule has 0 saturated carbocycles. The van der Waals surface area contributed by atoms with Gasteiger partial charge in [-0.15, -0.1) is 0 Å². The van der Waals surface area contributed by atoms with Crippen LogP contribution in [-0.2, 0) is 6.61 Å². The van der Waals surface area contributed by atoms with Crippen LogP contribution >= 0.6 is 12.2 Å². The number of non-ortho nitro benzene ring substituents is 1. The number of benzene rings is 2. The van der Waals surface area contributed by atoms with E-state index in [0.29, 0.717) is 11.3 Å². The second-order valence-electron chi connectivity index (χ2n) is 6.64. The van der Waals surface area contributed by atoms with Gasteiger partial charge in [-0.05, 0) is 30.3 Å². The highest BCUT2D eigenvalue weighted by atomic mass is 32.1. The molecule has 0 spiro atoms. The molecule has 0 aliphatic rings. The van der Waals surface area contributed by atoms with E-state index in [-0.39, 0.29) is 40.1 Å². The Bertz CT molecular complexity index is 1200. The van der Waals surface area contributed by atoms with Crippen molar-refractivity contribution in [3.63, 3.8) is 0 Å². The van der Waals surface area contributed by atoms with Gasteiger partial charge in [0, 0.05) is 35.0 Å². The fourth-order valence-corrected chi connectivity index (χ4v) is 3.24. The molecule has 0 unspecified atom stereocenters. The highest BCUT2D eigenvalue weighted by Gasteiger charge is 2.25. The number of aromatic nitrogens is 1. The van der Waals surface area contributed by atoms with Crippen molar-refractivity contribution in [1.29, 1.82) is 0 Å². The third kappa shape index (κ3) is 6.05. The topological polar surface area (TPSA) is 109 Å². The number of aliphatic hydroxyl groups excluding tert-OH is 2. The number of hydrogen-bond donors (Lipinski definition) is 3. The Morgan fingerprint density at radius 3 is 2.55 bits per heavy atom. The number of alkyl halides is 2. The zero-order chi connectivity index (χ0) is 24.0. The molecule has 0 atom stereocenters. The Balaban J connectivity index is 2.03. The van der Waals surface area contributed by atoms with Gasteiger partial charge >= 0.3 is 6.61 Å². The minimum Gasteiger partial charge on any atom is -0.502 e. The molecule has 3 N–H and O–H groups in total. The van der Waals surface area contributed by atoms with Gasteiger partial charge in [0.05, 0.1) is 11.5 Å².